The Morgan fingerprint density at radius 3 is 2.85 bits per heavy atom. The van der Waals surface area contributed by atoms with Crippen LogP contribution in [0, 0.1) is 11.8 Å². The summed E-state index contributed by atoms with van der Waals surface area (Å²) >= 11 is 0. The Hall–Kier alpha value is -2.25. The van der Waals surface area contributed by atoms with Crippen LogP contribution in [0.1, 0.15) is 40.7 Å². The zero-order valence-electron chi connectivity index (χ0n) is 15.2. The number of imide groups is 1. The number of carbonyl (C=O) groups excluding carboxylic acids is 3. The quantitative estimate of drug-likeness (QED) is 0.742. The summed E-state index contributed by atoms with van der Waals surface area (Å²) in [7, 11) is 0. The lowest BCUT2D eigenvalue weighted by Gasteiger charge is -2.29. The number of carbonyl (C=O) groups is 3. The fraction of sp³-hybridized carbons (Fsp3) is 0.550. The molecule has 0 aromatic heterocycles. The Kier molecular flexibility index (Phi) is 3.84. The van der Waals surface area contributed by atoms with Crippen LogP contribution in [-0.4, -0.2) is 52.7 Å². The van der Waals surface area contributed by atoms with Crippen molar-refractivity contribution in [2.24, 2.45) is 17.6 Å². The molecule has 4 atom stereocenters. The van der Waals surface area contributed by atoms with Gasteiger partial charge in [0.25, 0.3) is 5.91 Å². The maximum absolute atomic E-state index is 12.9. The smallest absolute Gasteiger partial charge is 0.255 e. The average Bonchev–Trinajstić information content (AvgIpc) is 3.21. The van der Waals surface area contributed by atoms with Crippen molar-refractivity contribution in [3.8, 4) is 0 Å². The molecule has 1 aromatic rings. The minimum Gasteiger partial charge on any atom is -0.329 e. The first-order chi connectivity index (χ1) is 13.0. The lowest BCUT2D eigenvalue weighted by atomic mass is 10.0. The van der Waals surface area contributed by atoms with Gasteiger partial charge in [0.2, 0.25) is 11.8 Å². The molecule has 3 N–H and O–H groups in total. The third-order valence-corrected chi connectivity index (χ3v) is 6.63. The summed E-state index contributed by atoms with van der Waals surface area (Å²) in [5.74, 6) is 0.822. The van der Waals surface area contributed by atoms with Crippen LogP contribution >= 0.6 is 0 Å². The van der Waals surface area contributed by atoms with E-state index in [-0.39, 0.29) is 24.1 Å². The molecule has 1 aromatic carbocycles. The van der Waals surface area contributed by atoms with E-state index in [2.05, 4.69) is 16.3 Å². The number of nitrogens with zero attached hydrogens (tertiary/aromatic N) is 2. The van der Waals surface area contributed by atoms with Crippen LogP contribution in [0.3, 0.4) is 0 Å². The number of amides is 3. The van der Waals surface area contributed by atoms with E-state index in [1.165, 1.54) is 6.42 Å². The third kappa shape index (κ3) is 2.76. The molecule has 3 heterocycles. The molecule has 1 unspecified atom stereocenters. The van der Waals surface area contributed by atoms with Crippen molar-refractivity contribution in [1.29, 1.82) is 0 Å². The number of benzene rings is 1. The minimum atomic E-state index is -0.557. The largest absolute Gasteiger partial charge is 0.329 e. The molecule has 0 bridgehead atoms. The molecule has 1 saturated carbocycles. The molecule has 0 radical (unpaired) electrons. The molecule has 142 valence electrons. The highest BCUT2D eigenvalue weighted by Gasteiger charge is 2.51. The van der Waals surface area contributed by atoms with Crippen molar-refractivity contribution in [1.82, 2.24) is 15.1 Å². The van der Waals surface area contributed by atoms with Crippen LogP contribution < -0.4 is 11.1 Å². The zero-order valence-corrected chi connectivity index (χ0v) is 15.2. The van der Waals surface area contributed by atoms with Gasteiger partial charge in [-0.2, -0.15) is 0 Å². The van der Waals surface area contributed by atoms with Gasteiger partial charge in [0.05, 0.1) is 0 Å². The predicted molar refractivity (Wildman–Crippen MR) is 97.3 cm³/mol. The van der Waals surface area contributed by atoms with Crippen molar-refractivity contribution in [2.45, 2.75) is 44.4 Å². The molecule has 7 heteroatoms. The maximum atomic E-state index is 12.9. The summed E-state index contributed by atoms with van der Waals surface area (Å²) in [4.78, 5) is 40.5. The van der Waals surface area contributed by atoms with Gasteiger partial charge in [0.15, 0.2) is 0 Å². The van der Waals surface area contributed by atoms with Crippen molar-refractivity contribution < 1.29 is 14.4 Å². The van der Waals surface area contributed by atoms with Gasteiger partial charge in [-0.15, -0.1) is 0 Å². The third-order valence-electron chi connectivity index (χ3n) is 6.63. The first-order valence-corrected chi connectivity index (χ1v) is 9.75. The van der Waals surface area contributed by atoms with Crippen molar-refractivity contribution in [3.05, 3.63) is 34.9 Å². The lowest BCUT2D eigenvalue weighted by Crippen LogP contribution is -2.52. The Labute approximate surface area is 157 Å². The van der Waals surface area contributed by atoms with E-state index in [1.807, 2.05) is 12.1 Å². The van der Waals surface area contributed by atoms with E-state index in [0.29, 0.717) is 31.1 Å². The van der Waals surface area contributed by atoms with Crippen molar-refractivity contribution >= 4 is 17.7 Å². The van der Waals surface area contributed by atoms with Crippen molar-refractivity contribution in [3.63, 3.8) is 0 Å². The number of fused-ring (bicyclic) bond motifs is 2. The van der Waals surface area contributed by atoms with E-state index in [0.717, 1.165) is 36.1 Å². The summed E-state index contributed by atoms with van der Waals surface area (Å²) in [6, 6.07) is 5.96. The Bertz CT molecular complexity index is 839. The number of hydrogen-bond acceptors (Lipinski definition) is 5. The van der Waals surface area contributed by atoms with Crippen molar-refractivity contribution in [2.75, 3.05) is 13.1 Å². The topological polar surface area (TPSA) is 95.7 Å². The SMILES string of the molecule is NC[C@@H]1[C@H]2C[C@H]2CN1Cc1ccc2c(c1)C(=O)N(C1CCC(=O)NC1=O)C2. The Morgan fingerprint density at radius 2 is 2.07 bits per heavy atom. The highest BCUT2D eigenvalue weighted by Crippen LogP contribution is 2.49. The summed E-state index contributed by atoms with van der Waals surface area (Å²) in [6.45, 7) is 3.03. The van der Waals surface area contributed by atoms with Crippen LogP contribution in [0.4, 0.5) is 0 Å². The number of hydrogen-bond donors (Lipinski definition) is 2. The number of piperidine rings is 2. The number of nitrogens with two attached hydrogens (primary N) is 1. The second-order valence-corrected chi connectivity index (χ2v) is 8.28. The highest BCUT2D eigenvalue weighted by atomic mass is 16.2. The molecule has 27 heavy (non-hydrogen) atoms. The summed E-state index contributed by atoms with van der Waals surface area (Å²) in [5.41, 5.74) is 8.72. The van der Waals surface area contributed by atoms with Gasteiger partial charge in [0.1, 0.15) is 6.04 Å². The average molecular weight is 368 g/mol. The summed E-state index contributed by atoms with van der Waals surface area (Å²) in [5, 5.41) is 2.34. The molecule has 3 amide bonds. The number of likely N-dealkylation sites (tertiary alicyclic amines) is 1. The predicted octanol–water partition coefficient (Wildman–Crippen LogP) is 0.227. The van der Waals surface area contributed by atoms with Gasteiger partial charge < -0.3 is 10.6 Å². The van der Waals surface area contributed by atoms with Crippen LogP contribution in [0.25, 0.3) is 0 Å². The number of nitrogens with one attached hydrogen (secondary N) is 1. The van der Waals surface area contributed by atoms with Gasteiger partial charge >= 0.3 is 0 Å². The highest BCUT2D eigenvalue weighted by molar-refractivity contribution is 6.05. The second kappa shape index (κ2) is 6.14. The van der Waals surface area contributed by atoms with Gasteiger partial charge in [0, 0.05) is 44.2 Å². The van der Waals surface area contributed by atoms with E-state index in [9.17, 15) is 14.4 Å². The van der Waals surface area contributed by atoms with Gasteiger partial charge in [-0.3, -0.25) is 24.6 Å². The molecule has 4 aliphatic rings. The lowest BCUT2D eigenvalue weighted by molar-refractivity contribution is -0.136. The molecule has 1 aliphatic carbocycles. The van der Waals surface area contributed by atoms with Crippen LogP contribution in [0.2, 0.25) is 0 Å². The van der Waals surface area contributed by atoms with E-state index >= 15 is 0 Å². The first-order valence-electron chi connectivity index (χ1n) is 9.75. The minimum absolute atomic E-state index is 0.110. The van der Waals surface area contributed by atoms with Crippen LogP contribution in [-0.2, 0) is 22.7 Å². The number of rotatable bonds is 4. The maximum Gasteiger partial charge on any atom is 0.255 e. The Balaban J connectivity index is 1.32. The molecule has 2 saturated heterocycles. The first kappa shape index (κ1) is 16.9. The zero-order chi connectivity index (χ0) is 18.7. The van der Waals surface area contributed by atoms with Gasteiger partial charge in [-0.1, -0.05) is 12.1 Å². The fourth-order valence-corrected chi connectivity index (χ4v) is 5.10. The molecule has 5 rings (SSSR count). The van der Waals surface area contributed by atoms with Gasteiger partial charge in [-0.05, 0) is 41.9 Å². The summed E-state index contributed by atoms with van der Waals surface area (Å²) < 4.78 is 0. The molecule has 7 nitrogen and oxygen atoms in total. The molecule has 0 spiro atoms. The second-order valence-electron chi connectivity index (χ2n) is 8.28. The molecule has 3 fully saturated rings. The van der Waals surface area contributed by atoms with Gasteiger partial charge in [-0.25, -0.2) is 0 Å². The van der Waals surface area contributed by atoms with Crippen LogP contribution in [0.15, 0.2) is 18.2 Å². The normalized spacial score (nSPS) is 32.5. The van der Waals surface area contributed by atoms with E-state index in [4.69, 9.17) is 5.73 Å². The summed E-state index contributed by atoms with van der Waals surface area (Å²) in [6.07, 6.45) is 1.98. The monoisotopic (exact) mass is 368 g/mol. The van der Waals surface area contributed by atoms with E-state index in [1.54, 1.807) is 4.90 Å². The fourth-order valence-electron chi connectivity index (χ4n) is 5.10. The molecule has 3 aliphatic heterocycles. The molecular formula is C20H24N4O3. The van der Waals surface area contributed by atoms with E-state index < -0.39 is 6.04 Å². The van der Waals surface area contributed by atoms with Crippen LogP contribution in [0.5, 0.6) is 0 Å². The standard InChI is InChI=1S/C20H24N4O3/c21-7-17-14-6-13(14)9-23(17)8-11-1-2-12-10-24(20(27)15(12)5-11)16-3-4-18(25)22-19(16)26/h1-2,5,13-14,16-17H,3-4,6-10,21H2,(H,22,25,26)/t13-,14-,16?,17+/m0/s1. The molecular weight excluding hydrogens is 344 g/mol. The Morgan fingerprint density at radius 1 is 1.22 bits per heavy atom.